The number of nitrogen functional groups attached to an aromatic ring is 1. The highest BCUT2D eigenvalue weighted by Crippen LogP contribution is 2.27. The average Bonchev–Trinajstić information content (AvgIpc) is 2.88. The topological polar surface area (TPSA) is 112 Å². The van der Waals surface area contributed by atoms with Crippen LogP contribution in [0.5, 0.6) is 0 Å². The second kappa shape index (κ2) is 20.4. The second-order valence-corrected chi connectivity index (χ2v) is 11.6. The predicted octanol–water partition coefficient (Wildman–Crippen LogP) is 9.59. The molecule has 3 aromatic carbocycles. The highest BCUT2D eigenvalue weighted by atomic mass is 79.9. The van der Waals surface area contributed by atoms with Crippen LogP contribution in [-0.2, 0) is 0 Å². The van der Waals surface area contributed by atoms with Gasteiger partial charge in [-0.05, 0) is 60.7 Å². The summed E-state index contributed by atoms with van der Waals surface area (Å²) in [5.41, 5.74) is 7.95. The van der Waals surface area contributed by atoms with Crippen LogP contribution in [-0.4, -0.2) is 44.6 Å². The summed E-state index contributed by atoms with van der Waals surface area (Å²) in [6, 6.07) is 20.6. The number of pyridine rings is 2. The number of nitrogens with two attached hydrogens (primary N) is 1. The molecule has 2 aromatic heterocycles. The second-order valence-electron chi connectivity index (χ2n) is 7.64. The van der Waals surface area contributed by atoms with Crippen LogP contribution < -0.4 is 5.73 Å². The van der Waals surface area contributed by atoms with Crippen LogP contribution in [0, 0.1) is 0 Å². The van der Waals surface area contributed by atoms with E-state index in [1.54, 1.807) is 30.6 Å². The van der Waals surface area contributed by atoms with Crippen LogP contribution in [0.1, 0.15) is 14.9 Å². The standard InChI is InChI=1S/2C9H5BrClN.C6H5BrClN.C3H8O3.2CH4/c10-8-4-6(11)5-9-7(8)2-1-3-12-9;10-6-4-8(11)7-2-1-3-12-9(7)5-6;7-4-1-5(8)3-6(9)2-4;4-1-3(6)2-5;;/h2*1-5H;1-3H,9H2;3-6H,1-2H2;2*1H4. The minimum atomic E-state index is -0.954. The number of aliphatic hydroxyl groups excluding tert-OH is 3. The molecular formula is C29H31Br3Cl3N3O3. The van der Waals surface area contributed by atoms with Crippen molar-refractivity contribution < 1.29 is 15.3 Å². The molecule has 0 bridgehead atoms. The molecule has 0 aliphatic rings. The normalized spacial score (nSPS) is 9.71. The van der Waals surface area contributed by atoms with Crippen LogP contribution in [0.25, 0.3) is 21.8 Å². The Morgan fingerprint density at radius 2 is 1.22 bits per heavy atom. The van der Waals surface area contributed by atoms with E-state index >= 15 is 0 Å². The molecule has 5 aromatic rings. The lowest BCUT2D eigenvalue weighted by Crippen LogP contribution is -2.15. The third-order valence-electron chi connectivity index (χ3n) is 4.58. The number of fused-ring (bicyclic) bond motifs is 2. The van der Waals surface area contributed by atoms with Gasteiger partial charge in [0.1, 0.15) is 6.10 Å². The Hall–Kier alpha value is -1.53. The molecule has 0 fully saturated rings. The van der Waals surface area contributed by atoms with Crippen LogP contribution in [0.15, 0.2) is 92.5 Å². The number of hydrogen-bond donors (Lipinski definition) is 4. The van der Waals surface area contributed by atoms with E-state index in [1.165, 1.54) is 0 Å². The van der Waals surface area contributed by atoms with Gasteiger partial charge in [0.15, 0.2) is 0 Å². The summed E-state index contributed by atoms with van der Waals surface area (Å²) in [4.78, 5) is 8.38. The van der Waals surface area contributed by atoms with Crippen molar-refractivity contribution in [2.24, 2.45) is 0 Å². The van der Waals surface area contributed by atoms with Gasteiger partial charge in [0.2, 0.25) is 0 Å². The van der Waals surface area contributed by atoms with E-state index in [-0.39, 0.29) is 28.1 Å². The summed E-state index contributed by atoms with van der Waals surface area (Å²) >= 11 is 27.5. The van der Waals surface area contributed by atoms with Crippen molar-refractivity contribution in [2.75, 3.05) is 18.9 Å². The van der Waals surface area contributed by atoms with Gasteiger partial charge < -0.3 is 21.1 Å². The first-order chi connectivity index (χ1) is 18.5. The van der Waals surface area contributed by atoms with Crippen molar-refractivity contribution in [3.05, 3.63) is 108 Å². The summed E-state index contributed by atoms with van der Waals surface area (Å²) in [5, 5.41) is 28.2. The molecule has 0 atom stereocenters. The number of benzene rings is 3. The van der Waals surface area contributed by atoms with E-state index in [0.29, 0.717) is 15.7 Å². The highest BCUT2D eigenvalue weighted by Gasteiger charge is 2.01. The maximum Gasteiger partial charge on any atom is 0.100 e. The molecule has 0 radical (unpaired) electrons. The Morgan fingerprint density at radius 1 is 0.707 bits per heavy atom. The van der Waals surface area contributed by atoms with Crippen molar-refractivity contribution in [2.45, 2.75) is 21.0 Å². The molecule has 0 unspecified atom stereocenters. The van der Waals surface area contributed by atoms with Crippen molar-refractivity contribution in [1.82, 2.24) is 9.97 Å². The van der Waals surface area contributed by atoms with E-state index in [4.69, 9.17) is 55.9 Å². The Bertz CT molecular complexity index is 1380. The first-order valence-electron chi connectivity index (χ1n) is 11.0. The zero-order valence-electron chi connectivity index (χ0n) is 20.1. The summed E-state index contributed by atoms with van der Waals surface area (Å²) in [6.07, 6.45) is 2.56. The fraction of sp³-hybridized carbons (Fsp3) is 0.172. The molecule has 5 rings (SSSR count). The quantitative estimate of drug-likeness (QED) is 0.132. The van der Waals surface area contributed by atoms with Gasteiger partial charge in [-0.2, -0.15) is 0 Å². The smallest absolute Gasteiger partial charge is 0.100 e. The number of hydrogen-bond acceptors (Lipinski definition) is 6. The number of nitrogens with zero attached hydrogens (tertiary/aromatic N) is 2. The van der Waals surface area contributed by atoms with E-state index in [9.17, 15) is 0 Å². The molecule has 222 valence electrons. The molecule has 0 amide bonds. The zero-order chi connectivity index (χ0) is 28.9. The minimum Gasteiger partial charge on any atom is -0.399 e. The third-order valence-corrected chi connectivity index (χ3v) is 6.90. The predicted molar refractivity (Wildman–Crippen MR) is 186 cm³/mol. The van der Waals surface area contributed by atoms with E-state index in [0.717, 1.165) is 40.2 Å². The summed E-state index contributed by atoms with van der Waals surface area (Å²) in [6.45, 7) is -0.729. The summed E-state index contributed by atoms with van der Waals surface area (Å²) in [5.74, 6) is 0. The lowest BCUT2D eigenvalue weighted by molar-refractivity contribution is 0.0450. The van der Waals surface area contributed by atoms with Gasteiger partial charge in [0.05, 0.1) is 29.3 Å². The number of rotatable bonds is 2. The van der Waals surface area contributed by atoms with Gasteiger partial charge >= 0.3 is 0 Å². The molecule has 0 saturated heterocycles. The van der Waals surface area contributed by atoms with Crippen LogP contribution in [0.2, 0.25) is 15.1 Å². The Morgan fingerprint density at radius 3 is 1.73 bits per heavy atom. The SMILES string of the molecule is C.C.Clc1cc(Br)c2cccnc2c1.Clc1cc(Br)cc2ncccc12.Nc1cc(Cl)cc(Br)c1.OCC(O)CO. The van der Waals surface area contributed by atoms with Gasteiger partial charge in [-0.25, -0.2) is 0 Å². The molecule has 5 N–H and O–H groups in total. The average molecular weight is 816 g/mol. The number of aromatic nitrogens is 2. The number of anilines is 1. The maximum absolute atomic E-state index is 8.17. The Balaban J connectivity index is 0.000000528. The van der Waals surface area contributed by atoms with Crippen LogP contribution in [0.3, 0.4) is 0 Å². The monoisotopic (exact) mass is 811 g/mol. The third kappa shape index (κ3) is 14.0. The lowest BCUT2D eigenvalue weighted by atomic mass is 10.2. The van der Waals surface area contributed by atoms with Gasteiger partial charge in [0.25, 0.3) is 0 Å². The molecule has 12 heteroatoms. The molecule has 0 saturated carbocycles. The molecule has 2 heterocycles. The van der Waals surface area contributed by atoms with Crippen LogP contribution >= 0.6 is 82.6 Å². The van der Waals surface area contributed by atoms with Crippen molar-refractivity contribution in [3.63, 3.8) is 0 Å². The first kappa shape index (κ1) is 39.5. The number of aliphatic hydroxyl groups is 3. The van der Waals surface area contributed by atoms with Crippen molar-refractivity contribution >= 4 is 110 Å². The van der Waals surface area contributed by atoms with Gasteiger partial charge in [-0.1, -0.05) is 104 Å². The number of halogens is 6. The van der Waals surface area contributed by atoms with Gasteiger partial charge in [0, 0.05) is 52.3 Å². The van der Waals surface area contributed by atoms with Gasteiger partial charge in [-0.3, -0.25) is 9.97 Å². The Kier molecular flexibility index (Phi) is 19.6. The minimum absolute atomic E-state index is 0. The largest absolute Gasteiger partial charge is 0.399 e. The summed E-state index contributed by atoms with van der Waals surface area (Å²) in [7, 11) is 0. The highest BCUT2D eigenvalue weighted by molar-refractivity contribution is 9.11. The molecule has 41 heavy (non-hydrogen) atoms. The Labute approximate surface area is 280 Å². The molecule has 0 spiro atoms. The van der Waals surface area contributed by atoms with Crippen molar-refractivity contribution in [3.8, 4) is 0 Å². The van der Waals surface area contributed by atoms with Crippen molar-refractivity contribution in [1.29, 1.82) is 0 Å². The zero-order valence-corrected chi connectivity index (χ0v) is 27.1. The maximum atomic E-state index is 8.17. The first-order valence-corrected chi connectivity index (χ1v) is 14.6. The molecular weight excluding hydrogens is 784 g/mol. The van der Waals surface area contributed by atoms with E-state index in [2.05, 4.69) is 57.8 Å². The lowest BCUT2D eigenvalue weighted by Gasteiger charge is -1.99. The molecule has 6 nitrogen and oxygen atoms in total. The van der Waals surface area contributed by atoms with Crippen LogP contribution in [0.4, 0.5) is 5.69 Å². The molecule has 0 aliphatic heterocycles. The fourth-order valence-electron chi connectivity index (χ4n) is 2.84. The van der Waals surface area contributed by atoms with E-state index in [1.807, 2.05) is 48.5 Å². The summed E-state index contributed by atoms with van der Waals surface area (Å²) < 4.78 is 2.85. The van der Waals surface area contributed by atoms with Gasteiger partial charge in [-0.15, -0.1) is 0 Å². The van der Waals surface area contributed by atoms with E-state index < -0.39 is 6.10 Å². The molecule has 0 aliphatic carbocycles. The fourth-order valence-corrected chi connectivity index (χ4v) is 5.51.